The third kappa shape index (κ3) is 2.15. The van der Waals surface area contributed by atoms with Crippen LogP contribution in [0, 0.1) is 11.8 Å². The van der Waals surface area contributed by atoms with E-state index in [1.54, 1.807) is 0 Å². The van der Waals surface area contributed by atoms with Gasteiger partial charge in [-0.1, -0.05) is 74.5 Å². The van der Waals surface area contributed by atoms with Crippen LogP contribution >= 0.6 is 0 Å². The monoisotopic (exact) mass is 393 g/mol. The molecule has 3 aliphatic carbocycles. The molecule has 148 valence electrons. The molecule has 0 N–H and O–H groups in total. The molecule has 7 rings (SSSR count). The smallest absolute Gasteiger partial charge is 0.238 e. The summed E-state index contributed by atoms with van der Waals surface area (Å²) in [5.41, 5.74) is 6.73. The third-order valence-corrected chi connectivity index (χ3v) is 7.27. The second-order valence-electron chi connectivity index (χ2n) is 9.02. The van der Waals surface area contributed by atoms with Gasteiger partial charge in [0.05, 0.1) is 17.5 Å². The number of rotatable bonds is 2. The van der Waals surface area contributed by atoms with Gasteiger partial charge in [-0.2, -0.15) is 0 Å². The van der Waals surface area contributed by atoms with Crippen molar-refractivity contribution >= 4 is 17.5 Å². The van der Waals surface area contributed by atoms with E-state index in [2.05, 4.69) is 38.1 Å². The molecule has 2 unspecified atom stereocenters. The number of anilines is 1. The minimum atomic E-state index is -0.322. The quantitative estimate of drug-likeness (QED) is 0.561. The Morgan fingerprint density at radius 2 is 1.03 bits per heavy atom. The van der Waals surface area contributed by atoms with Crippen molar-refractivity contribution in [3.8, 4) is 0 Å². The van der Waals surface area contributed by atoms with Gasteiger partial charge in [-0.05, 0) is 45.9 Å². The Labute approximate surface area is 176 Å². The lowest BCUT2D eigenvalue weighted by Crippen LogP contribution is -2.41. The van der Waals surface area contributed by atoms with Crippen LogP contribution in [0.5, 0.6) is 0 Å². The molecule has 30 heavy (non-hydrogen) atoms. The minimum absolute atomic E-state index is 0.0520. The Morgan fingerprint density at radius 1 is 0.633 bits per heavy atom. The molecule has 0 aromatic heterocycles. The summed E-state index contributed by atoms with van der Waals surface area (Å²) in [5.74, 6) is -0.448. The highest BCUT2D eigenvalue weighted by Crippen LogP contribution is 2.61. The summed E-state index contributed by atoms with van der Waals surface area (Å²) < 4.78 is 0. The van der Waals surface area contributed by atoms with E-state index in [1.807, 2.05) is 48.5 Å². The molecule has 3 aromatic rings. The zero-order valence-corrected chi connectivity index (χ0v) is 17.1. The average Bonchev–Trinajstić information content (AvgIpc) is 3.04. The largest absolute Gasteiger partial charge is 0.274 e. The second kappa shape index (κ2) is 6.15. The number of hydrogen-bond donors (Lipinski definition) is 0. The molecule has 3 heteroatoms. The molecule has 1 heterocycles. The van der Waals surface area contributed by atoms with E-state index in [0.29, 0.717) is 11.6 Å². The Hall–Kier alpha value is -3.20. The van der Waals surface area contributed by atoms with Crippen LogP contribution < -0.4 is 4.90 Å². The van der Waals surface area contributed by atoms with Gasteiger partial charge in [0.1, 0.15) is 0 Å². The van der Waals surface area contributed by atoms with Gasteiger partial charge >= 0.3 is 0 Å². The van der Waals surface area contributed by atoms with E-state index in [9.17, 15) is 9.59 Å². The third-order valence-electron chi connectivity index (χ3n) is 7.27. The van der Waals surface area contributed by atoms with Gasteiger partial charge in [0, 0.05) is 11.8 Å². The van der Waals surface area contributed by atoms with Crippen molar-refractivity contribution in [3.05, 3.63) is 101 Å². The maximum Gasteiger partial charge on any atom is 0.238 e. The van der Waals surface area contributed by atoms with Crippen molar-refractivity contribution in [2.45, 2.75) is 31.6 Å². The van der Waals surface area contributed by atoms with Crippen LogP contribution in [0.25, 0.3) is 0 Å². The molecule has 1 fully saturated rings. The summed E-state index contributed by atoms with van der Waals surface area (Å²) in [6, 6.07) is 24.6. The van der Waals surface area contributed by atoms with E-state index in [1.165, 1.54) is 32.7 Å². The average molecular weight is 393 g/mol. The van der Waals surface area contributed by atoms with Crippen LogP contribution in [0.4, 0.5) is 5.69 Å². The van der Waals surface area contributed by atoms with E-state index >= 15 is 0 Å². The highest BCUT2D eigenvalue weighted by molar-refractivity contribution is 6.23. The maximum atomic E-state index is 13.7. The van der Waals surface area contributed by atoms with Crippen molar-refractivity contribution in [1.82, 2.24) is 0 Å². The van der Waals surface area contributed by atoms with Gasteiger partial charge < -0.3 is 0 Å². The summed E-state index contributed by atoms with van der Waals surface area (Å²) in [6.07, 6.45) is 0. The van der Waals surface area contributed by atoms with Gasteiger partial charge in [-0.3, -0.25) is 9.59 Å². The molecular formula is C27H23NO2. The molecule has 3 aromatic carbocycles. The first-order chi connectivity index (χ1) is 14.6. The van der Waals surface area contributed by atoms with Gasteiger partial charge in [0.15, 0.2) is 0 Å². The zero-order valence-electron chi connectivity index (χ0n) is 17.1. The standard InChI is InChI=1S/C27H23NO2/c1-15(2)16-11-13-17(14-12-16)28-26(29)24-22-18-7-3-4-8-19(18)23(25(24)27(28)30)21-10-6-5-9-20(21)22/h3-15,22-25H,1-2H3. The number of nitrogens with zero attached hydrogens (tertiary/aromatic N) is 1. The molecule has 0 saturated carbocycles. The summed E-state index contributed by atoms with van der Waals surface area (Å²) in [6.45, 7) is 4.28. The SMILES string of the molecule is CC(C)c1ccc(N2C(=O)C3C4c5ccccc5C(c5ccccc54)C3C2=O)cc1. The molecule has 2 atom stereocenters. The van der Waals surface area contributed by atoms with E-state index < -0.39 is 0 Å². The fraction of sp³-hybridized carbons (Fsp3) is 0.259. The van der Waals surface area contributed by atoms with Crippen LogP contribution in [0.3, 0.4) is 0 Å². The molecule has 2 amide bonds. The van der Waals surface area contributed by atoms with Crippen molar-refractivity contribution in [1.29, 1.82) is 0 Å². The van der Waals surface area contributed by atoms with Gasteiger partial charge in [-0.15, -0.1) is 0 Å². The lowest BCUT2D eigenvalue weighted by Gasteiger charge is -2.45. The number of imide groups is 1. The normalized spacial score (nSPS) is 26.0. The number of carbonyl (C=O) groups is 2. The number of amides is 2. The first-order valence-electron chi connectivity index (χ1n) is 10.7. The topological polar surface area (TPSA) is 37.4 Å². The second-order valence-corrected chi connectivity index (χ2v) is 9.02. The van der Waals surface area contributed by atoms with Crippen molar-refractivity contribution in [2.24, 2.45) is 11.8 Å². The fourth-order valence-electron chi connectivity index (χ4n) is 5.94. The molecule has 2 bridgehead atoms. The molecular weight excluding hydrogens is 370 g/mol. The van der Waals surface area contributed by atoms with Crippen LogP contribution in [-0.2, 0) is 9.59 Å². The molecule has 1 aliphatic heterocycles. The van der Waals surface area contributed by atoms with Gasteiger partial charge in [0.2, 0.25) is 11.8 Å². The van der Waals surface area contributed by atoms with Crippen LogP contribution in [0.1, 0.15) is 59.4 Å². The Kier molecular flexibility index (Phi) is 3.62. The van der Waals surface area contributed by atoms with Gasteiger partial charge in [-0.25, -0.2) is 4.90 Å². The predicted octanol–water partition coefficient (Wildman–Crippen LogP) is 5.21. The molecule has 0 radical (unpaired) electrons. The van der Waals surface area contributed by atoms with Crippen molar-refractivity contribution in [2.75, 3.05) is 4.90 Å². The summed E-state index contributed by atoms with van der Waals surface area (Å²) >= 11 is 0. The van der Waals surface area contributed by atoms with Crippen LogP contribution in [-0.4, -0.2) is 11.8 Å². The van der Waals surface area contributed by atoms with E-state index in [0.717, 1.165) is 0 Å². The van der Waals surface area contributed by atoms with Crippen molar-refractivity contribution in [3.63, 3.8) is 0 Å². The number of benzene rings is 3. The number of carbonyl (C=O) groups excluding carboxylic acids is 2. The maximum absolute atomic E-state index is 13.7. The molecule has 0 spiro atoms. The highest BCUT2D eigenvalue weighted by Gasteiger charge is 2.61. The van der Waals surface area contributed by atoms with Gasteiger partial charge in [0.25, 0.3) is 0 Å². The fourth-order valence-corrected chi connectivity index (χ4v) is 5.94. The molecule has 3 nitrogen and oxygen atoms in total. The van der Waals surface area contributed by atoms with Crippen molar-refractivity contribution < 1.29 is 9.59 Å². The Balaban J connectivity index is 1.50. The predicted molar refractivity (Wildman–Crippen MR) is 117 cm³/mol. The Bertz CT molecular complexity index is 1080. The minimum Gasteiger partial charge on any atom is -0.274 e. The first kappa shape index (κ1) is 17.6. The first-order valence-corrected chi connectivity index (χ1v) is 10.7. The summed E-state index contributed by atoms with van der Waals surface area (Å²) in [4.78, 5) is 28.8. The molecule has 1 saturated heterocycles. The molecule has 4 aliphatic rings. The summed E-state index contributed by atoms with van der Waals surface area (Å²) in [5, 5.41) is 0. The lowest BCUT2D eigenvalue weighted by molar-refractivity contribution is -0.122. The summed E-state index contributed by atoms with van der Waals surface area (Å²) in [7, 11) is 0. The van der Waals surface area contributed by atoms with Crippen LogP contribution in [0.2, 0.25) is 0 Å². The van der Waals surface area contributed by atoms with Crippen LogP contribution in [0.15, 0.2) is 72.8 Å². The highest BCUT2D eigenvalue weighted by atomic mass is 16.2. The van der Waals surface area contributed by atoms with E-state index in [4.69, 9.17) is 0 Å². The van der Waals surface area contributed by atoms with E-state index in [-0.39, 0.29) is 35.5 Å². The Morgan fingerprint density at radius 3 is 1.40 bits per heavy atom. The number of hydrogen-bond acceptors (Lipinski definition) is 2. The lowest BCUT2D eigenvalue weighted by atomic mass is 9.55. The zero-order chi connectivity index (χ0) is 20.6.